The van der Waals surface area contributed by atoms with E-state index in [0.717, 1.165) is 0 Å². The highest BCUT2D eigenvalue weighted by atomic mass is 16.6. The fourth-order valence-corrected chi connectivity index (χ4v) is 3.16. The van der Waals surface area contributed by atoms with E-state index >= 15 is 0 Å². The second-order valence-corrected chi connectivity index (χ2v) is 6.48. The maximum atomic E-state index is 12.7. The van der Waals surface area contributed by atoms with Gasteiger partial charge in [0.1, 0.15) is 11.5 Å². The highest BCUT2D eigenvalue weighted by Gasteiger charge is 2.35. The van der Waals surface area contributed by atoms with Crippen molar-refractivity contribution in [3.8, 4) is 11.5 Å². The van der Waals surface area contributed by atoms with E-state index in [0.29, 0.717) is 30.8 Å². The third-order valence-corrected chi connectivity index (χ3v) is 4.56. The highest BCUT2D eigenvalue weighted by molar-refractivity contribution is 6.21. The Morgan fingerprint density at radius 2 is 1.79 bits per heavy atom. The summed E-state index contributed by atoms with van der Waals surface area (Å²) in [6.07, 6.45) is 5.78. The summed E-state index contributed by atoms with van der Waals surface area (Å²) in [6.45, 7) is 0.945. The number of rotatable bonds is 7. The van der Waals surface area contributed by atoms with Crippen LogP contribution in [0.25, 0.3) is 0 Å². The number of hydrogen-bond donors (Lipinski definition) is 0. The summed E-state index contributed by atoms with van der Waals surface area (Å²) < 4.78 is 7.52. The molecule has 2 aromatic carbocycles. The number of nitrogens with zero attached hydrogens (tertiary/aromatic N) is 4. The Bertz CT molecular complexity index is 1090. The Labute approximate surface area is 165 Å². The van der Waals surface area contributed by atoms with Gasteiger partial charge in [-0.15, -0.1) is 0 Å². The molecule has 0 unspecified atom stereocenters. The number of aromatic nitrogens is 2. The van der Waals surface area contributed by atoms with Gasteiger partial charge in [-0.3, -0.25) is 24.6 Å². The maximum absolute atomic E-state index is 12.7. The van der Waals surface area contributed by atoms with Crippen molar-refractivity contribution < 1.29 is 19.2 Å². The van der Waals surface area contributed by atoms with Crippen molar-refractivity contribution in [2.24, 2.45) is 0 Å². The quantitative estimate of drug-likeness (QED) is 0.347. The van der Waals surface area contributed by atoms with Gasteiger partial charge in [-0.05, 0) is 30.7 Å². The van der Waals surface area contributed by atoms with Gasteiger partial charge < -0.3 is 9.30 Å². The van der Waals surface area contributed by atoms with Gasteiger partial charge in [0, 0.05) is 31.5 Å². The molecule has 0 fully saturated rings. The molecular formula is C20H16N4O5. The number of carbonyl (C=O) groups is 2. The molecule has 0 atom stereocenters. The lowest BCUT2D eigenvalue weighted by molar-refractivity contribution is -0.384. The number of imidazole rings is 1. The monoisotopic (exact) mass is 392 g/mol. The van der Waals surface area contributed by atoms with Crippen LogP contribution in [0.4, 0.5) is 5.69 Å². The minimum absolute atomic E-state index is 0.0982. The first-order valence-electron chi connectivity index (χ1n) is 8.91. The van der Waals surface area contributed by atoms with E-state index in [1.165, 1.54) is 35.2 Å². The summed E-state index contributed by atoms with van der Waals surface area (Å²) in [5.41, 5.74) is 0.489. The number of fused-ring (bicyclic) bond motifs is 1. The molecule has 0 N–H and O–H groups in total. The Morgan fingerprint density at radius 3 is 2.55 bits per heavy atom. The van der Waals surface area contributed by atoms with E-state index in [9.17, 15) is 19.7 Å². The molecule has 146 valence electrons. The normalized spacial score (nSPS) is 12.9. The first-order chi connectivity index (χ1) is 14.0. The topological polar surface area (TPSA) is 108 Å². The van der Waals surface area contributed by atoms with Crippen LogP contribution in [-0.2, 0) is 6.54 Å². The fraction of sp³-hybridized carbons (Fsp3) is 0.150. The SMILES string of the molecule is O=C1c2ccc(Oc3cccc([N+](=O)[O-])c3)cc2C(=O)N1CCCn1ccnc1. The zero-order valence-corrected chi connectivity index (χ0v) is 15.2. The number of non-ortho nitro benzene ring substituents is 1. The van der Waals surface area contributed by atoms with Gasteiger partial charge >= 0.3 is 0 Å². The number of carbonyl (C=O) groups excluding carboxylic acids is 2. The molecule has 0 spiro atoms. The molecule has 2 heterocycles. The molecule has 0 aliphatic carbocycles. The number of hydrogen-bond acceptors (Lipinski definition) is 6. The lowest BCUT2D eigenvalue weighted by atomic mass is 10.1. The van der Waals surface area contributed by atoms with Crippen LogP contribution >= 0.6 is 0 Å². The summed E-state index contributed by atoms with van der Waals surface area (Å²) in [4.78, 5) is 40.8. The molecule has 1 aliphatic rings. The van der Waals surface area contributed by atoms with Gasteiger partial charge in [0.05, 0.1) is 28.4 Å². The van der Waals surface area contributed by atoms with Crippen molar-refractivity contribution in [3.63, 3.8) is 0 Å². The maximum Gasteiger partial charge on any atom is 0.273 e. The molecule has 9 heteroatoms. The average Bonchev–Trinajstić information content (AvgIpc) is 3.31. The average molecular weight is 392 g/mol. The number of imide groups is 1. The molecule has 1 aliphatic heterocycles. The fourth-order valence-electron chi connectivity index (χ4n) is 3.16. The van der Waals surface area contributed by atoms with Crippen LogP contribution in [0.2, 0.25) is 0 Å². The summed E-state index contributed by atoms with van der Waals surface area (Å²) in [5, 5.41) is 10.9. The standard InChI is InChI=1S/C20H16N4O5/c25-19-17-6-5-16(29-15-4-1-3-14(11-15)24(27)28)12-18(17)20(26)23(19)9-2-8-22-10-7-21-13-22/h1,3-7,10-13H,2,8-9H2. The van der Waals surface area contributed by atoms with E-state index in [2.05, 4.69) is 4.98 Å². The Kier molecular flexibility index (Phi) is 4.78. The summed E-state index contributed by atoms with van der Waals surface area (Å²) in [5.74, 6) is -0.114. The molecule has 0 bridgehead atoms. The minimum atomic E-state index is -0.514. The number of amides is 2. The third kappa shape index (κ3) is 3.70. The number of nitro groups is 1. The first-order valence-corrected chi connectivity index (χ1v) is 8.91. The first kappa shape index (κ1) is 18.4. The Morgan fingerprint density at radius 1 is 1.00 bits per heavy atom. The van der Waals surface area contributed by atoms with Crippen molar-refractivity contribution in [2.75, 3.05) is 6.54 Å². The number of benzene rings is 2. The lowest BCUT2D eigenvalue weighted by Crippen LogP contribution is -2.31. The van der Waals surface area contributed by atoms with Crippen molar-refractivity contribution in [1.29, 1.82) is 0 Å². The molecule has 0 saturated carbocycles. The number of aryl methyl sites for hydroxylation is 1. The van der Waals surface area contributed by atoms with E-state index < -0.39 is 4.92 Å². The van der Waals surface area contributed by atoms with Crippen LogP contribution < -0.4 is 4.74 Å². The lowest BCUT2D eigenvalue weighted by Gasteiger charge is -2.13. The van der Waals surface area contributed by atoms with E-state index in [4.69, 9.17) is 4.74 Å². The van der Waals surface area contributed by atoms with Crippen LogP contribution in [0.1, 0.15) is 27.1 Å². The molecule has 0 saturated heterocycles. The van der Waals surface area contributed by atoms with Gasteiger partial charge in [0.25, 0.3) is 17.5 Å². The van der Waals surface area contributed by atoms with Crippen LogP contribution in [0.3, 0.4) is 0 Å². The van der Waals surface area contributed by atoms with E-state index in [1.807, 2.05) is 10.8 Å². The summed E-state index contributed by atoms with van der Waals surface area (Å²) in [7, 11) is 0. The zero-order valence-electron chi connectivity index (χ0n) is 15.2. The van der Waals surface area contributed by atoms with Crippen LogP contribution in [0.15, 0.2) is 61.2 Å². The largest absolute Gasteiger partial charge is 0.457 e. The molecule has 9 nitrogen and oxygen atoms in total. The van der Waals surface area contributed by atoms with Crippen molar-refractivity contribution in [3.05, 3.63) is 82.4 Å². The smallest absolute Gasteiger partial charge is 0.273 e. The van der Waals surface area contributed by atoms with Gasteiger partial charge in [-0.2, -0.15) is 0 Å². The molecule has 0 radical (unpaired) electrons. The second kappa shape index (κ2) is 7.55. The molecule has 4 rings (SSSR count). The van der Waals surface area contributed by atoms with Gasteiger partial charge in [-0.25, -0.2) is 4.98 Å². The zero-order chi connectivity index (χ0) is 20.4. The second-order valence-electron chi connectivity index (χ2n) is 6.48. The summed E-state index contributed by atoms with van der Waals surface area (Å²) in [6, 6.07) is 10.3. The molecule has 1 aromatic heterocycles. The molecular weight excluding hydrogens is 376 g/mol. The van der Waals surface area contributed by atoms with Gasteiger partial charge in [-0.1, -0.05) is 6.07 Å². The van der Waals surface area contributed by atoms with Crippen molar-refractivity contribution in [2.45, 2.75) is 13.0 Å². The van der Waals surface area contributed by atoms with Gasteiger partial charge in [0.15, 0.2) is 0 Å². The predicted molar refractivity (Wildman–Crippen MR) is 102 cm³/mol. The Hall–Kier alpha value is -4.01. The summed E-state index contributed by atoms with van der Waals surface area (Å²) >= 11 is 0. The van der Waals surface area contributed by atoms with E-state index in [1.54, 1.807) is 24.7 Å². The Balaban J connectivity index is 1.48. The third-order valence-electron chi connectivity index (χ3n) is 4.56. The number of ether oxygens (including phenoxy) is 1. The van der Waals surface area contributed by atoms with E-state index in [-0.39, 0.29) is 28.8 Å². The molecule has 2 amide bonds. The van der Waals surface area contributed by atoms with Crippen LogP contribution in [0, 0.1) is 10.1 Å². The molecule has 3 aromatic rings. The minimum Gasteiger partial charge on any atom is -0.457 e. The van der Waals surface area contributed by atoms with Crippen molar-refractivity contribution in [1.82, 2.24) is 14.5 Å². The molecule has 29 heavy (non-hydrogen) atoms. The number of nitro benzene ring substituents is 1. The predicted octanol–water partition coefficient (Wildman–Crippen LogP) is 3.27. The van der Waals surface area contributed by atoms with Gasteiger partial charge in [0.2, 0.25) is 0 Å². The van der Waals surface area contributed by atoms with Crippen LogP contribution in [0.5, 0.6) is 11.5 Å². The van der Waals surface area contributed by atoms with Crippen LogP contribution in [-0.4, -0.2) is 37.7 Å². The van der Waals surface area contributed by atoms with Crippen molar-refractivity contribution >= 4 is 17.5 Å². The highest BCUT2D eigenvalue weighted by Crippen LogP contribution is 2.30.